The summed E-state index contributed by atoms with van der Waals surface area (Å²) in [5.74, 6) is -0.553. The second-order valence-electron chi connectivity index (χ2n) is 7.77. The molecule has 1 unspecified atom stereocenters. The van der Waals surface area contributed by atoms with Gasteiger partial charge in [-0.3, -0.25) is 0 Å². The Morgan fingerprint density at radius 1 is 0.828 bits per heavy atom. The summed E-state index contributed by atoms with van der Waals surface area (Å²) in [4.78, 5) is 0.107. The number of hydrogen-bond acceptors (Lipinski definition) is 2. The number of benzene rings is 2. The lowest BCUT2D eigenvalue weighted by molar-refractivity contribution is 0.174. The SMILES string of the molecule is CCCCCCCCCCC(F)(CS(=O)(=O)c1ccc(Cl)cc1)c1ccccc1. The molecule has 0 fully saturated rings. The molecule has 0 N–H and O–H groups in total. The standard InChI is InChI=1S/C24H32ClFO2S/c1-2-3-4-5-6-7-8-12-19-24(26,21-13-10-9-11-14-21)20-29(27,28)23-17-15-22(25)16-18-23/h9-11,13-18H,2-8,12,19-20H2,1H3. The predicted molar refractivity (Wildman–Crippen MR) is 120 cm³/mol. The molecule has 2 aromatic carbocycles. The lowest BCUT2D eigenvalue weighted by Crippen LogP contribution is -2.30. The quantitative estimate of drug-likeness (QED) is 0.303. The fourth-order valence-corrected chi connectivity index (χ4v) is 5.36. The van der Waals surface area contributed by atoms with Gasteiger partial charge in [0.2, 0.25) is 0 Å². The summed E-state index contributed by atoms with van der Waals surface area (Å²) in [5.41, 5.74) is -1.47. The van der Waals surface area contributed by atoms with Gasteiger partial charge in [-0.2, -0.15) is 0 Å². The maximum Gasteiger partial charge on any atom is 0.181 e. The summed E-state index contributed by atoms with van der Waals surface area (Å²) in [6.07, 6.45) is 9.00. The summed E-state index contributed by atoms with van der Waals surface area (Å²) in [5, 5.41) is 0.456. The molecule has 0 aliphatic heterocycles. The molecule has 0 saturated carbocycles. The zero-order valence-electron chi connectivity index (χ0n) is 17.2. The molecule has 0 saturated heterocycles. The van der Waals surface area contributed by atoms with Gasteiger partial charge in [-0.1, -0.05) is 93.8 Å². The first-order valence-corrected chi connectivity index (χ1v) is 12.6. The van der Waals surface area contributed by atoms with Crippen LogP contribution in [0.15, 0.2) is 59.5 Å². The Balaban J connectivity index is 2.04. The number of unbranched alkanes of at least 4 members (excludes halogenated alkanes) is 7. The minimum atomic E-state index is -3.77. The van der Waals surface area contributed by atoms with Crippen molar-refractivity contribution in [1.82, 2.24) is 0 Å². The van der Waals surface area contributed by atoms with E-state index in [9.17, 15) is 8.42 Å². The first kappa shape index (κ1) is 23.9. The number of hydrogen-bond donors (Lipinski definition) is 0. The minimum Gasteiger partial charge on any atom is -0.238 e. The first-order chi connectivity index (χ1) is 13.9. The number of sulfone groups is 1. The van der Waals surface area contributed by atoms with E-state index in [0.717, 1.165) is 19.3 Å². The summed E-state index contributed by atoms with van der Waals surface area (Å²) in [6, 6.07) is 14.6. The molecule has 160 valence electrons. The number of halogens is 2. The second kappa shape index (κ2) is 11.7. The Kier molecular flexibility index (Phi) is 9.64. The van der Waals surface area contributed by atoms with Crippen LogP contribution in [-0.4, -0.2) is 14.2 Å². The van der Waals surface area contributed by atoms with Crippen LogP contribution in [0.1, 0.15) is 70.3 Å². The van der Waals surface area contributed by atoms with Crippen molar-refractivity contribution in [2.45, 2.75) is 75.3 Å². The third kappa shape index (κ3) is 7.75. The van der Waals surface area contributed by atoms with Crippen LogP contribution in [0.25, 0.3) is 0 Å². The van der Waals surface area contributed by atoms with Crippen molar-refractivity contribution in [2.75, 3.05) is 5.75 Å². The highest BCUT2D eigenvalue weighted by Gasteiger charge is 2.37. The van der Waals surface area contributed by atoms with E-state index in [1.165, 1.54) is 49.9 Å². The zero-order chi connectivity index (χ0) is 21.2. The molecule has 29 heavy (non-hydrogen) atoms. The van der Waals surface area contributed by atoms with Gasteiger partial charge in [0.1, 0.15) is 5.67 Å². The van der Waals surface area contributed by atoms with Crippen LogP contribution >= 0.6 is 11.6 Å². The molecule has 2 nitrogen and oxygen atoms in total. The smallest absolute Gasteiger partial charge is 0.181 e. The minimum absolute atomic E-state index is 0.107. The van der Waals surface area contributed by atoms with E-state index in [4.69, 9.17) is 11.6 Å². The van der Waals surface area contributed by atoms with E-state index in [2.05, 4.69) is 6.92 Å². The molecule has 0 bridgehead atoms. The highest BCUT2D eigenvalue weighted by atomic mass is 35.5. The van der Waals surface area contributed by atoms with Gasteiger partial charge in [0.25, 0.3) is 0 Å². The van der Waals surface area contributed by atoms with Crippen LogP contribution in [0.4, 0.5) is 4.39 Å². The molecule has 2 rings (SSSR count). The van der Waals surface area contributed by atoms with E-state index in [1.54, 1.807) is 24.3 Å². The molecule has 1 atom stereocenters. The Bertz CT molecular complexity index is 822. The Hall–Kier alpha value is -1.39. The van der Waals surface area contributed by atoms with Gasteiger partial charge in [-0.05, 0) is 42.7 Å². The van der Waals surface area contributed by atoms with Crippen LogP contribution < -0.4 is 0 Å². The van der Waals surface area contributed by atoms with Crippen LogP contribution in [0, 0.1) is 0 Å². The van der Waals surface area contributed by atoms with E-state index in [1.807, 2.05) is 6.07 Å². The van der Waals surface area contributed by atoms with Gasteiger partial charge in [0.15, 0.2) is 9.84 Å². The van der Waals surface area contributed by atoms with Crippen molar-refractivity contribution in [2.24, 2.45) is 0 Å². The Labute approximate surface area is 180 Å². The molecule has 2 aromatic rings. The molecule has 0 heterocycles. The van der Waals surface area contributed by atoms with Crippen LogP contribution in [0.3, 0.4) is 0 Å². The Morgan fingerprint density at radius 3 is 1.97 bits per heavy atom. The first-order valence-electron chi connectivity index (χ1n) is 10.6. The lowest BCUT2D eigenvalue weighted by atomic mass is 9.91. The average Bonchev–Trinajstić information content (AvgIpc) is 2.70. The van der Waals surface area contributed by atoms with Gasteiger partial charge in [0, 0.05) is 5.02 Å². The molecular weight excluding hydrogens is 407 g/mol. The molecule has 0 spiro atoms. The third-order valence-electron chi connectivity index (χ3n) is 5.31. The van der Waals surface area contributed by atoms with E-state index in [0.29, 0.717) is 17.0 Å². The van der Waals surface area contributed by atoms with E-state index >= 15 is 4.39 Å². The molecule has 0 aromatic heterocycles. The molecule has 0 amide bonds. The fourth-order valence-electron chi connectivity index (χ4n) is 3.60. The largest absolute Gasteiger partial charge is 0.238 e. The van der Waals surface area contributed by atoms with Crippen LogP contribution in [0.2, 0.25) is 5.02 Å². The summed E-state index contributed by atoms with van der Waals surface area (Å²) in [7, 11) is -3.77. The topological polar surface area (TPSA) is 34.1 Å². The molecule has 5 heteroatoms. The monoisotopic (exact) mass is 438 g/mol. The Morgan fingerprint density at radius 2 is 1.38 bits per heavy atom. The van der Waals surface area contributed by atoms with Crippen LogP contribution in [0.5, 0.6) is 0 Å². The van der Waals surface area contributed by atoms with Crippen molar-refractivity contribution >= 4 is 21.4 Å². The summed E-state index contributed by atoms with van der Waals surface area (Å²) in [6.45, 7) is 2.20. The van der Waals surface area contributed by atoms with Crippen molar-refractivity contribution < 1.29 is 12.8 Å². The van der Waals surface area contributed by atoms with Crippen LogP contribution in [-0.2, 0) is 15.5 Å². The third-order valence-corrected chi connectivity index (χ3v) is 7.39. The average molecular weight is 439 g/mol. The number of alkyl halides is 1. The highest BCUT2D eigenvalue weighted by molar-refractivity contribution is 7.91. The van der Waals surface area contributed by atoms with Gasteiger partial charge in [0.05, 0.1) is 10.6 Å². The maximum atomic E-state index is 16.1. The maximum absolute atomic E-state index is 16.1. The normalized spacial score (nSPS) is 13.9. The molecule has 0 aliphatic rings. The van der Waals surface area contributed by atoms with Gasteiger partial charge < -0.3 is 0 Å². The summed E-state index contributed by atoms with van der Waals surface area (Å²) < 4.78 is 41.8. The highest BCUT2D eigenvalue weighted by Crippen LogP contribution is 2.35. The van der Waals surface area contributed by atoms with Crippen molar-refractivity contribution in [1.29, 1.82) is 0 Å². The molecular formula is C24H32ClFO2S. The lowest BCUT2D eigenvalue weighted by Gasteiger charge is -2.26. The van der Waals surface area contributed by atoms with Crippen molar-refractivity contribution in [3.8, 4) is 0 Å². The van der Waals surface area contributed by atoms with Crippen molar-refractivity contribution in [3.63, 3.8) is 0 Å². The molecule has 0 aliphatic carbocycles. The van der Waals surface area contributed by atoms with E-state index in [-0.39, 0.29) is 11.3 Å². The zero-order valence-corrected chi connectivity index (χ0v) is 18.8. The van der Waals surface area contributed by atoms with Gasteiger partial charge in [-0.15, -0.1) is 0 Å². The summed E-state index contributed by atoms with van der Waals surface area (Å²) >= 11 is 5.86. The van der Waals surface area contributed by atoms with Crippen molar-refractivity contribution in [3.05, 3.63) is 65.2 Å². The van der Waals surface area contributed by atoms with Gasteiger partial charge in [-0.25, -0.2) is 12.8 Å². The van der Waals surface area contributed by atoms with E-state index < -0.39 is 21.3 Å². The number of rotatable bonds is 13. The predicted octanol–water partition coefficient (Wildman–Crippen LogP) is 7.51. The second-order valence-corrected chi connectivity index (χ2v) is 10.2. The molecule has 0 radical (unpaired) electrons. The van der Waals surface area contributed by atoms with Gasteiger partial charge >= 0.3 is 0 Å². The fraction of sp³-hybridized carbons (Fsp3) is 0.500.